The van der Waals surface area contributed by atoms with E-state index in [1.807, 2.05) is 6.92 Å². The van der Waals surface area contributed by atoms with Gasteiger partial charge in [-0.15, -0.1) is 0 Å². The van der Waals surface area contributed by atoms with Crippen molar-refractivity contribution in [3.8, 4) is 0 Å². The molecule has 0 bridgehead atoms. The first-order valence-electron chi connectivity index (χ1n) is 11.3. The summed E-state index contributed by atoms with van der Waals surface area (Å²) in [6.07, 6.45) is 7.71. The van der Waals surface area contributed by atoms with Crippen molar-refractivity contribution < 1.29 is 14.6 Å². The minimum absolute atomic E-state index is 0.199. The van der Waals surface area contributed by atoms with E-state index < -0.39 is 5.97 Å². The first kappa shape index (κ1) is 22.0. The highest BCUT2D eigenvalue weighted by atomic mass is 32.1. The summed E-state index contributed by atoms with van der Waals surface area (Å²) >= 11 is 1.35. The molecular formula is C21H28N8O3S. The molecule has 1 saturated carbocycles. The number of hydrogen-bond acceptors (Lipinski definition) is 10. The summed E-state index contributed by atoms with van der Waals surface area (Å²) in [5, 5.41) is 20.8. The van der Waals surface area contributed by atoms with Crippen molar-refractivity contribution in [3.63, 3.8) is 0 Å². The van der Waals surface area contributed by atoms with E-state index in [1.54, 1.807) is 12.4 Å². The molecule has 3 N–H and O–H groups in total. The fourth-order valence-corrected chi connectivity index (χ4v) is 5.43. The maximum atomic E-state index is 10.9. The van der Waals surface area contributed by atoms with E-state index in [-0.39, 0.29) is 6.54 Å². The first-order valence-corrected chi connectivity index (χ1v) is 12.1. The minimum Gasteiger partial charge on any atom is -0.480 e. The van der Waals surface area contributed by atoms with Crippen LogP contribution in [0.5, 0.6) is 0 Å². The maximum Gasteiger partial charge on any atom is 0.325 e. The highest BCUT2D eigenvalue weighted by molar-refractivity contribution is 7.13. The number of fused-ring (bicyclic) bond motifs is 1. The van der Waals surface area contributed by atoms with E-state index in [2.05, 4.69) is 30.0 Å². The molecule has 0 amide bonds. The van der Waals surface area contributed by atoms with E-state index in [1.165, 1.54) is 29.1 Å². The van der Waals surface area contributed by atoms with E-state index >= 15 is 0 Å². The number of nitrogens with one attached hydrogen (secondary N) is 2. The van der Waals surface area contributed by atoms with Gasteiger partial charge in [0, 0.05) is 31.4 Å². The molecule has 0 aromatic carbocycles. The lowest BCUT2D eigenvalue weighted by Crippen LogP contribution is -2.46. The maximum absolute atomic E-state index is 10.9. The Balaban J connectivity index is 1.29. The molecule has 0 spiro atoms. The number of morpholine rings is 1. The van der Waals surface area contributed by atoms with Gasteiger partial charge in [0.1, 0.15) is 12.4 Å². The van der Waals surface area contributed by atoms with Crippen LogP contribution < -0.4 is 10.6 Å². The molecule has 1 saturated heterocycles. The molecule has 3 aromatic rings. The van der Waals surface area contributed by atoms with Gasteiger partial charge in [-0.1, -0.05) is 0 Å². The standard InChI is InChI=1S/C21H28N8O3S/c1-13-18-19(23-14-2-4-16(5-3-14)28-6-8-32-9-7-28)25-21(26-20(18)33-27-13)24-15-10-22-29(11-15)12-17(30)31/h10-11,14,16H,2-9,12H2,1H3,(H,30,31)(H2,23,24,25,26). The van der Waals surface area contributed by atoms with Gasteiger partial charge in [0.2, 0.25) is 5.95 Å². The number of aliphatic carboxylic acids is 1. The second-order valence-electron chi connectivity index (χ2n) is 8.59. The summed E-state index contributed by atoms with van der Waals surface area (Å²) in [4.78, 5) is 23.7. The van der Waals surface area contributed by atoms with Crippen molar-refractivity contribution in [1.82, 2.24) is 29.0 Å². The van der Waals surface area contributed by atoms with Crippen molar-refractivity contribution in [3.05, 3.63) is 18.1 Å². The summed E-state index contributed by atoms with van der Waals surface area (Å²) in [7, 11) is 0. The van der Waals surface area contributed by atoms with Crippen molar-refractivity contribution in [2.24, 2.45) is 0 Å². The quantitative estimate of drug-likeness (QED) is 0.471. The molecule has 4 heterocycles. The Hall–Kier alpha value is -2.83. The number of carboxylic acids is 1. The van der Waals surface area contributed by atoms with Gasteiger partial charge in [-0.05, 0) is 44.1 Å². The van der Waals surface area contributed by atoms with Crippen LogP contribution in [0.1, 0.15) is 31.4 Å². The molecule has 0 unspecified atom stereocenters. The van der Waals surface area contributed by atoms with Crippen LogP contribution >= 0.6 is 11.5 Å². The Bertz CT molecular complexity index is 1120. The van der Waals surface area contributed by atoms with Gasteiger partial charge in [0.15, 0.2) is 4.83 Å². The average molecular weight is 473 g/mol. The predicted octanol–water partition coefficient (Wildman–Crippen LogP) is 2.47. The Morgan fingerprint density at radius 3 is 2.79 bits per heavy atom. The first-order chi connectivity index (χ1) is 16.0. The third-order valence-electron chi connectivity index (χ3n) is 6.29. The lowest BCUT2D eigenvalue weighted by molar-refractivity contribution is -0.137. The highest BCUT2D eigenvalue weighted by Gasteiger charge is 2.28. The van der Waals surface area contributed by atoms with Gasteiger partial charge in [0.05, 0.1) is 36.2 Å². The SMILES string of the molecule is Cc1nsc2nc(Nc3cnn(CC(=O)O)c3)nc(NC3CCC(N4CCOCC4)CC3)c12. The molecule has 3 aromatic heterocycles. The molecular weight excluding hydrogens is 444 g/mol. The van der Waals surface area contributed by atoms with E-state index in [0.717, 1.165) is 60.9 Å². The molecule has 0 atom stereocenters. The van der Waals surface area contributed by atoms with Crippen LogP contribution in [0, 0.1) is 6.92 Å². The van der Waals surface area contributed by atoms with Crippen LogP contribution in [0.4, 0.5) is 17.5 Å². The smallest absolute Gasteiger partial charge is 0.325 e. The minimum atomic E-state index is -0.947. The Morgan fingerprint density at radius 1 is 1.24 bits per heavy atom. The lowest BCUT2D eigenvalue weighted by atomic mass is 9.90. The largest absolute Gasteiger partial charge is 0.480 e. The molecule has 176 valence electrons. The average Bonchev–Trinajstić information content (AvgIpc) is 3.40. The molecule has 33 heavy (non-hydrogen) atoms. The zero-order chi connectivity index (χ0) is 22.8. The topological polar surface area (TPSA) is 130 Å². The van der Waals surface area contributed by atoms with Gasteiger partial charge in [-0.2, -0.15) is 19.4 Å². The number of hydrogen-bond donors (Lipinski definition) is 3. The van der Waals surface area contributed by atoms with Gasteiger partial charge in [-0.3, -0.25) is 14.4 Å². The summed E-state index contributed by atoms with van der Waals surface area (Å²) < 4.78 is 11.3. The fourth-order valence-electron chi connectivity index (χ4n) is 4.65. The monoisotopic (exact) mass is 472 g/mol. The number of anilines is 3. The van der Waals surface area contributed by atoms with Crippen LogP contribution in [0.25, 0.3) is 10.2 Å². The number of carboxylic acid groups (broad SMARTS) is 1. The number of aromatic nitrogens is 5. The van der Waals surface area contributed by atoms with Crippen molar-refractivity contribution in [2.75, 3.05) is 36.9 Å². The second kappa shape index (κ2) is 9.57. The number of carbonyl (C=O) groups is 1. The molecule has 0 radical (unpaired) electrons. The molecule has 11 nitrogen and oxygen atoms in total. The zero-order valence-electron chi connectivity index (χ0n) is 18.5. The Morgan fingerprint density at radius 2 is 2.03 bits per heavy atom. The van der Waals surface area contributed by atoms with Gasteiger partial charge in [-0.25, -0.2) is 0 Å². The van der Waals surface area contributed by atoms with E-state index in [9.17, 15) is 4.79 Å². The van der Waals surface area contributed by atoms with Crippen LogP contribution in [0.2, 0.25) is 0 Å². The van der Waals surface area contributed by atoms with Crippen LogP contribution in [0.15, 0.2) is 12.4 Å². The van der Waals surface area contributed by atoms with Crippen molar-refractivity contribution in [2.45, 2.75) is 51.2 Å². The normalized spacial score (nSPS) is 21.8. The summed E-state index contributed by atoms with van der Waals surface area (Å²) in [5.41, 5.74) is 1.55. The zero-order valence-corrected chi connectivity index (χ0v) is 19.3. The summed E-state index contributed by atoms with van der Waals surface area (Å²) in [6.45, 7) is 5.53. The van der Waals surface area contributed by atoms with Crippen LogP contribution in [0.3, 0.4) is 0 Å². The van der Waals surface area contributed by atoms with Crippen LogP contribution in [-0.4, -0.2) is 78.5 Å². The van der Waals surface area contributed by atoms with E-state index in [0.29, 0.717) is 23.7 Å². The number of rotatable bonds is 7. The molecule has 5 rings (SSSR count). The second-order valence-corrected chi connectivity index (χ2v) is 9.34. The lowest BCUT2D eigenvalue weighted by Gasteiger charge is -2.39. The fraction of sp³-hybridized carbons (Fsp3) is 0.571. The van der Waals surface area contributed by atoms with Crippen molar-refractivity contribution >= 4 is 45.2 Å². The third-order valence-corrected chi connectivity index (χ3v) is 7.13. The Kier molecular flexibility index (Phi) is 6.38. The number of ether oxygens (including phenoxy) is 1. The molecule has 1 aliphatic carbocycles. The third kappa shape index (κ3) is 5.07. The van der Waals surface area contributed by atoms with Gasteiger partial charge < -0.3 is 20.5 Å². The summed E-state index contributed by atoms with van der Waals surface area (Å²) in [6, 6.07) is 0.993. The predicted molar refractivity (Wildman–Crippen MR) is 125 cm³/mol. The summed E-state index contributed by atoms with van der Waals surface area (Å²) in [5.74, 6) is 0.282. The molecule has 1 aliphatic heterocycles. The van der Waals surface area contributed by atoms with E-state index in [4.69, 9.17) is 14.8 Å². The Labute approximate surface area is 195 Å². The highest BCUT2D eigenvalue weighted by Crippen LogP contribution is 2.32. The number of nitrogens with zero attached hydrogens (tertiary/aromatic N) is 6. The molecule has 2 aliphatic rings. The molecule has 12 heteroatoms. The van der Waals surface area contributed by atoms with Gasteiger partial charge >= 0.3 is 5.97 Å². The molecule has 2 fully saturated rings. The van der Waals surface area contributed by atoms with Gasteiger partial charge in [0.25, 0.3) is 0 Å². The van der Waals surface area contributed by atoms with Crippen LogP contribution in [-0.2, 0) is 16.1 Å². The number of aryl methyl sites for hydroxylation is 1. The van der Waals surface area contributed by atoms with Crippen molar-refractivity contribution in [1.29, 1.82) is 0 Å².